The average molecular weight is 243 g/mol. The molecule has 96 valence electrons. The standard InChI is InChI=1S/C15H21N3/c1-12(2)17-9-6-13(7-10-17)15-11-14-5-3-4-8-18(14)16-15/h3-5,8,11-13H,6-7,9-10H2,1-2H3. The normalized spacial score (nSPS) is 18.8. The molecule has 2 aromatic heterocycles. The van der Waals surface area contributed by atoms with Gasteiger partial charge in [0.25, 0.3) is 0 Å². The lowest BCUT2D eigenvalue weighted by Crippen LogP contribution is -2.37. The maximum Gasteiger partial charge on any atom is 0.0667 e. The van der Waals surface area contributed by atoms with E-state index in [-0.39, 0.29) is 0 Å². The minimum absolute atomic E-state index is 0.639. The molecule has 18 heavy (non-hydrogen) atoms. The Morgan fingerprint density at radius 2 is 2.00 bits per heavy atom. The Bertz CT molecular complexity index is 488. The maximum absolute atomic E-state index is 4.70. The Hall–Kier alpha value is -1.35. The second-order valence-corrected chi connectivity index (χ2v) is 5.54. The summed E-state index contributed by atoms with van der Waals surface area (Å²) in [6, 6.07) is 9.15. The summed E-state index contributed by atoms with van der Waals surface area (Å²) in [7, 11) is 0. The molecule has 1 aliphatic heterocycles. The lowest BCUT2D eigenvalue weighted by molar-refractivity contribution is 0.170. The third-order valence-corrected chi connectivity index (χ3v) is 4.07. The lowest BCUT2D eigenvalue weighted by Gasteiger charge is -2.33. The smallest absolute Gasteiger partial charge is 0.0667 e. The van der Waals surface area contributed by atoms with Crippen molar-refractivity contribution in [2.24, 2.45) is 0 Å². The summed E-state index contributed by atoms with van der Waals surface area (Å²) in [5.74, 6) is 0.639. The van der Waals surface area contributed by atoms with Crippen molar-refractivity contribution in [1.82, 2.24) is 14.5 Å². The molecule has 0 spiro atoms. The largest absolute Gasteiger partial charge is 0.301 e. The molecule has 0 radical (unpaired) electrons. The van der Waals surface area contributed by atoms with E-state index in [2.05, 4.69) is 36.9 Å². The molecule has 2 aromatic rings. The molecule has 0 atom stereocenters. The van der Waals surface area contributed by atoms with E-state index in [0.29, 0.717) is 12.0 Å². The van der Waals surface area contributed by atoms with E-state index in [9.17, 15) is 0 Å². The number of pyridine rings is 1. The number of hydrogen-bond donors (Lipinski definition) is 0. The van der Waals surface area contributed by atoms with E-state index in [1.165, 1.54) is 37.1 Å². The molecule has 0 bridgehead atoms. The van der Waals surface area contributed by atoms with Gasteiger partial charge in [0.2, 0.25) is 0 Å². The van der Waals surface area contributed by atoms with Gasteiger partial charge in [-0.25, -0.2) is 4.52 Å². The molecule has 3 heteroatoms. The Morgan fingerprint density at radius 1 is 1.22 bits per heavy atom. The van der Waals surface area contributed by atoms with Gasteiger partial charge in [-0.1, -0.05) is 6.07 Å². The van der Waals surface area contributed by atoms with E-state index in [0.717, 1.165) is 0 Å². The lowest BCUT2D eigenvalue weighted by atomic mass is 9.93. The number of fused-ring (bicyclic) bond motifs is 1. The van der Waals surface area contributed by atoms with Gasteiger partial charge in [-0.2, -0.15) is 5.10 Å². The van der Waals surface area contributed by atoms with Crippen LogP contribution in [0.25, 0.3) is 5.52 Å². The van der Waals surface area contributed by atoms with E-state index in [4.69, 9.17) is 5.10 Å². The van der Waals surface area contributed by atoms with Gasteiger partial charge in [-0.3, -0.25) is 0 Å². The molecule has 0 unspecified atom stereocenters. The second-order valence-electron chi connectivity index (χ2n) is 5.54. The van der Waals surface area contributed by atoms with Crippen molar-refractivity contribution in [2.45, 2.75) is 38.6 Å². The van der Waals surface area contributed by atoms with E-state index in [1.807, 2.05) is 16.8 Å². The zero-order valence-corrected chi connectivity index (χ0v) is 11.2. The summed E-state index contributed by atoms with van der Waals surface area (Å²) in [5.41, 5.74) is 2.48. The van der Waals surface area contributed by atoms with E-state index >= 15 is 0 Å². The molecule has 0 aliphatic carbocycles. The molecule has 3 heterocycles. The highest BCUT2D eigenvalue weighted by atomic mass is 15.2. The molecule has 1 fully saturated rings. The first-order valence-electron chi connectivity index (χ1n) is 6.92. The van der Waals surface area contributed by atoms with Crippen LogP contribution in [0, 0.1) is 0 Å². The van der Waals surface area contributed by atoms with Gasteiger partial charge in [0.1, 0.15) is 0 Å². The van der Waals surface area contributed by atoms with E-state index in [1.54, 1.807) is 0 Å². The highest BCUT2D eigenvalue weighted by Gasteiger charge is 2.23. The molecule has 3 nitrogen and oxygen atoms in total. The van der Waals surface area contributed by atoms with Crippen LogP contribution in [-0.2, 0) is 0 Å². The fraction of sp³-hybridized carbons (Fsp3) is 0.533. The van der Waals surface area contributed by atoms with Gasteiger partial charge in [0.05, 0.1) is 11.2 Å². The highest BCUT2D eigenvalue weighted by Crippen LogP contribution is 2.28. The van der Waals surface area contributed by atoms with Gasteiger partial charge in [0.15, 0.2) is 0 Å². The summed E-state index contributed by atoms with van der Waals surface area (Å²) in [5, 5.41) is 4.70. The van der Waals surface area contributed by atoms with Crippen LogP contribution in [0.4, 0.5) is 0 Å². The zero-order valence-electron chi connectivity index (χ0n) is 11.2. The fourth-order valence-corrected chi connectivity index (χ4v) is 2.87. The molecule has 3 rings (SSSR count). The molecular formula is C15H21N3. The van der Waals surface area contributed by atoms with Crippen LogP contribution in [0.3, 0.4) is 0 Å². The van der Waals surface area contributed by atoms with E-state index < -0.39 is 0 Å². The van der Waals surface area contributed by atoms with Crippen molar-refractivity contribution in [3.8, 4) is 0 Å². The SMILES string of the molecule is CC(C)N1CCC(c2cc3ccccn3n2)CC1. The first-order valence-corrected chi connectivity index (χ1v) is 6.92. The summed E-state index contributed by atoms with van der Waals surface area (Å²) < 4.78 is 1.99. The van der Waals surface area contributed by atoms with Crippen LogP contribution in [-0.4, -0.2) is 33.6 Å². The monoisotopic (exact) mass is 243 g/mol. The van der Waals surface area contributed by atoms with Gasteiger partial charge in [-0.15, -0.1) is 0 Å². The van der Waals surface area contributed by atoms with Gasteiger partial charge in [0, 0.05) is 18.2 Å². The summed E-state index contributed by atoms with van der Waals surface area (Å²) >= 11 is 0. The molecule has 1 aliphatic rings. The van der Waals surface area contributed by atoms with Crippen LogP contribution in [0.1, 0.15) is 38.3 Å². The Balaban J connectivity index is 1.76. The van der Waals surface area contributed by atoms with Gasteiger partial charge < -0.3 is 4.90 Å². The third-order valence-electron chi connectivity index (χ3n) is 4.07. The molecule has 0 saturated carbocycles. The Kier molecular flexibility index (Phi) is 3.08. The van der Waals surface area contributed by atoms with Gasteiger partial charge >= 0.3 is 0 Å². The number of aromatic nitrogens is 2. The predicted molar refractivity (Wildman–Crippen MR) is 73.9 cm³/mol. The predicted octanol–water partition coefficient (Wildman–Crippen LogP) is 2.92. The number of hydrogen-bond acceptors (Lipinski definition) is 2. The summed E-state index contributed by atoms with van der Waals surface area (Å²) in [6.07, 6.45) is 4.51. The van der Waals surface area contributed by atoms with Crippen molar-refractivity contribution < 1.29 is 0 Å². The van der Waals surface area contributed by atoms with Crippen LogP contribution in [0.15, 0.2) is 30.5 Å². The van der Waals surface area contributed by atoms with Crippen molar-refractivity contribution in [2.75, 3.05) is 13.1 Å². The minimum atomic E-state index is 0.639. The molecule has 1 saturated heterocycles. The fourth-order valence-electron chi connectivity index (χ4n) is 2.87. The van der Waals surface area contributed by atoms with Crippen LogP contribution < -0.4 is 0 Å². The second kappa shape index (κ2) is 4.73. The minimum Gasteiger partial charge on any atom is -0.301 e. The number of piperidine rings is 1. The summed E-state index contributed by atoms with van der Waals surface area (Å²) in [4.78, 5) is 2.56. The van der Waals surface area contributed by atoms with Crippen molar-refractivity contribution in [1.29, 1.82) is 0 Å². The Labute approximate surface area is 108 Å². The maximum atomic E-state index is 4.70. The van der Waals surface area contributed by atoms with Crippen LogP contribution in [0.5, 0.6) is 0 Å². The number of rotatable bonds is 2. The highest BCUT2D eigenvalue weighted by molar-refractivity contribution is 5.47. The number of likely N-dealkylation sites (tertiary alicyclic amines) is 1. The molecular weight excluding hydrogens is 222 g/mol. The molecule has 0 aromatic carbocycles. The first-order chi connectivity index (χ1) is 8.74. The quantitative estimate of drug-likeness (QED) is 0.808. The van der Waals surface area contributed by atoms with Crippen molar-refractivity contribution >= 4 is 5.52 Å². The van der Waals surface area contributed by atoms with Crippen LogP contribution >= 0.6 is 0 Å². The average Bonchev–Trinajstić information content (AvgIpc) is 2.82. The van der Waals surface area contributed by atoms with Crippen LogP contribution in [0.2, 0.25) is 0 Å². The molecule has 0 N–H and O–H groups in total. The zero-order chi connectivity index (χ0) is 12.5. The summed E-state index contributed by atoms with van der Waals surface area (Å²) in [6.45, 7) is 6.98. The first kappa shape index (κ1) is 11.7. The Morgan fingerprint density at radius 3 is 2.67 bits per heavy atom. The van der Waals surface area contributed by atoms with Crippen molar-refractivity contribution in [3.63, 3.8) is 0 Å². The third kappa shape index (κ3) is 2.15. The topological polar surface area (TPSA) is 20.5 Å². The number of nitrogens with zero attached hydrogens (tertiary/aromatic N) is 3. The molecule has 0 amide bonds. The van der Waals surface area contributed by atoms with Gasteiger partial charge in [-0.05, 0) is 58.0 Å². The van der Waals surface area contributed by atoms with Crippen molar-refractivity contribution in [3.05, 3.63) is 36.2 Å².